The summed E-state index contributed by atoms with van der Waals surface area (Å²) in [7, 11) is 0. The minimum Gasteiger partial charge on any atom is -0.454 e. The Morgan fingerprint density at radius 3 is 2.71 bits per heavy atom. The van der Waals surface area contributed by atoms with Crippen molar-refractivity contribution in [3.63, 3.8) is 0 Å². The van der Waals surface area contributed by atoms with E-state index >= 15 is 0 Å². The molecule has 1 fully saturated rings. The Morgan fingerprint density at radius 1 is 1.13 bits per heavy atom. The number of nitrogens with zero attached hydrogens (tertiary/aromatic N) is 4. The summed E-state index contributed by atoms with van der Waals surface area (Å²) in [5.41, 5.74) is 1.67. The van der Waals surface area contributed by atoms with Crippen LogP contribution < -0.4 is 14.8 Å². The number of carbonyl (C=O) groups excluding carboxylic acids is 2. The highest BCUT2D eigenvalue weighted by atomic mass is 32.2. The van der Waals surface area contributed by atoms with E-state index in [9.17, 15) is 9.59 Å². The molecule has 0 saturated carbocycles. The summed E-state index contributed by atoms with van der Waals surface area (Å²) in [6.45, 7) is 2.80. The van der Waals surface area contributed by atoms with Crippen molar-refractivity contribution in [2.24, 2.45) is 0 Å². The average molecular weight is 437 g/mol. The SMILES string of the molecule is CC(Sc1nnc(-c2ccc3c(c2)OCO3)n1-c1ccccc1)C(=O)N1CCNC1=O. The molecule has 2 aliphatic heterocycles. The van der Waals surface area contributed by atoms with E-state index in [0.717, 1.165) is 11.3 Å². The zero-order chi connectivity index (χ0) is 21.4. The molecule has 0 spiro atoms. The number of urea groups is 1. The van der Waals surface area contributed by atoms with E-state index in [1.807, 2.05) is 53.1 Å². The summed E-state index contributed by atoms with van der Waals surface area (Å²) < 4.78 is 12.8. The van der Waals surface area contributed by atoms with Crippen LogP contribution in [0.4, 0.5) is 4.79 Å². The lowest BCUT2D eigenvalue weighted by Crippen LogP contribution is -2.39. The van der Waals surface area contributed by atoms with Gasteiger partial charge in [-0.05, 0) is 37.3 Å². The first-order valence-electron chi connectivity index (χ1n) is 9.78. The van der Waals surface area contributed by atoms with Gasteiger partial charge in [0.15, 0.2) is 22.5 Å². The lowest BCUT2D eigenvalue weighted by molar-refractivity contribution is -0.126. The Morgan fingerprint density at radius 2 is 1.94 bits per heavy atom. The number of rotatable bonds is 5. The summed E-state index contributed by atoms with van der Waals surface area (Å²) >= 11 is 1.27. The fraction of sp³-hybridized carbons (Fsp3) is 0.238. The van der Waals surface area contributed by atoms with E-state index in [4.69, 9.17) is 9.47 Å². The fourth-order valence-electron chi connectivity index (χ4n) is 3.49. The highest BCUT2D eigenvalue weighted by Crippen LogP contribution is 2.37. The van der Waals surface area contributed by atoms with Crippen LogP contribution in [0.25, 0.3) is 17.1 Å². The zero-order valence-electron chi connectivity index (χ0n) is 16.6. The topological polar surface area (TPSA) is 98.6 Å². The fourth-order valence-corrected chi connectivity index (χ4v) is 4.42. The van der Waals surface area contributed by atoms with Gasteiger partial charge in [0.1, 0.15) is 0 Å². The minimum atomic E-state index is -0.514. The molecule has 3 aromatic rings. The van der Waals surface area contributed by atoms with Crippen molar-refractivity contribution in [2.45, 2.75) is 17.3 Å². The van der Waals surface area contributed by atoms with Crippen molar-refractivity contribution in [1.29, 1.82) is 0 Å². The van der Waals surface area contributed by atoms with Crippen molar-refractivity contribution in [2.75, 3.05) is 19.9 Å². The number of hydrogen-bond acceptors (Lipinski definition) is 7. The van der Waals surface area contributed by atoms with Gasteiger partial charge in [0, 0.05) is 24.3 Å². The Balaban J connectivity index is 1.51. The number of carbonyl (C=O) groups is 2. The van der Waals surface area contributed by atoms with Gasteiger partial charge in [0.25, 0.3) is 0 Å². The number of aromatic nitrogens is 3. The Hall–Kier alpha value is -3.53. The van der Waals surface area contributed by atoms with Crippen molar-refractivity contribution >= 4 is 23.7 Å². The monoisotopic (exact) mass is 437 g/mol. The third-order valence-electron chi connectivity index (χ3n) is 5.03. The number of ether oxygens (including phenoxy) is 2. The highest BCUT2D eigenvalue weighted by molar-refractivity contribution is 8.00. The first kappa shape index (κ1) is 19.4. The molecule has 10 heteroatoms. The Labute approximate surface area is 182 Å². The highest BCUT2D eigenvalue weighted by Gasteiger charge is 2.31. The molecule has 31 heavy (non-hydrogen) atoms. The third kappa shape index (κ3) is 3.59. The van der Waals surface area contributed by atoms with Gasteiger partial charge in [-0.3, -0.25) is 14.3 Å². The van der Waals surface area contributed by atoms with Crippen LogP contribution >= 0.6 is 11.8 Å². The molecule has 5 rings (SSSR count). The predicted molar refractivity (Wildman–Crippen MR) is 113 cm³/mol. The normalized spacial score (nSPS) is 15.8. The first-order chi connectivity index (χ1) is 15.1. The van der Waals surface area contributed by atoms with Crippen LogP contribution in [0.1, 0.15) is 6.92 Å². The largest absolute Gasteiger partial charge is 0.454 e. The molecule has 2 aliphatic rings. The van der Waals surface area contributed by atoms with Gasteiger partial charge in [-0.1, -0.05) is 30.0 Å². The van der Waals surface area contributed by atoms with Gasteiger partial charge < -0.3 is 14.8 Å². The number of nitrogens with one attached hydrogen (secondary N) is 1. The van der Waals surface area contributed by atoms with Crippen LogP contribution in [-0.2, 0) is 4.79 Å². The van der Waals surface area contributed by atoms with E-state index in [2.05, 4.69) is 15.5 Å². The van der Waals surface area contributed by atoms with Crippen LogP contribution in [0, 0.1) is 0 Å². The van der Waals surface area contributed by atoms with Gasteiger partial charge >= 0.3 is 6.03 Å². The molecule has 1 atom stereocenters. The summed E-state index contributed by atoms with van der Waals surface area (Å²) in [5, 5.41) is 11.5. The lowest BCUT2D eigenvalue weighted by Gasteiger charge is -2.17. The second-order valence-corrected chi connectivity index (χ2v) is 8.34. The molecule has 1 unspecified atom stereocenters. The molecule has 0 radical (unpaired) electrons. The molecule has 0 bridgehead atoms. The van der Waals surface area contributed by atoms with Crippen LogP contribution in [0.3, 0.4) is 0 Å². The standard InChI is InChI=1S/C21H19N5O4S/c1-13(19(27)25-10-9-22-20(25)28)31-21-24-23-18(26(21)15-5-3-2-4-6-15)14-7-8-16-17(11-14)30-12-29-16/h2-8,11,13H,9-10,12H2,1H3,(H,22,28). The number of benzene rings is 2. The maximum atomic E-state index is 12.8. The molecular weight excluding hydrogens is 418 g/mol. The van der Waals surface area contributed by atoms with E-state index < -0.39 is 5.25 Å². The predicted octanol–water partition coefficient (Wildman–Crippen LogP) is 2.70. The molecule has 3 amide bonds. The summed E-state index contributed by atoms with van der Waals surface area (Å²) in [5.74, 6) is 1.70. The smallest absolute Gasteiger partial charge is 0.324 e. The quantitative estimate of drug-likeness (QED) is 0.613. The molecule has 1 N–H and O–H groups in total. The van der Waals surface area contributed by atoms with E-state index in [1.54, 1.807) is 6.92 Å². The number of imide groups is 1. The number of hydrogen-bond donors (Lipinski definition) is 1. The number of fused-ring (bicyclic) bond motifs is 1. The molecule has 2 aromatic carbocycles. The average Bonchev–Trinajstić information content (AvgIpc) is 3.52. The van der Waals surface area contributed by atoms with Crippen molar-refractivity contribution < 1.29 is 19.1 Å². The number of amides is 3. The van der Waals surface area contributed by atoms with Crippen LogP contribution in [0.5, 0.6) is 11.5 Å². The van der Waals surface area contributed by atoms with Gasteiger partial charge in [0.05, 0.1) is 5.25 Å². The first-order valence-corrected chi connectivity index (χ1v) is 10.7. The van der Waals surface area contributed by atoms with Gasteiger partial charge in [-0.25, -0.2) is 4.79 Å². The maximum absolute atomic E-state index is 12.8. The second-order valence-electron chi connectivity index (χ2n) is 7.03. The minimum absolute atomic E-state index is 0.189. The molecule has 0 aliphatic carbocycles. The Kier molecular flexibility index (Phi) is 4.99. The van der Waals surface area contributed by atoms with Crippen LogP contribution in [0.2, 0.25) is 0 Å². The molecule has 3 heterocycles. The maximum Gasteiger partial charge on any atom is 0.324 e. The van der Waals surface area contributed by atoms with Crippen molar-refractivity contribution in [3.05, 3.63) is 48.5 Å². The lowest BCUT2D eigenvalue weighted by atomic mass is 10.2. The van der Waals surface area contributed by atoms with Crippen molar-refractivity contribution in [1.82, 2.24) is 25.0 Å². The number of para-hydroxylation sites is 1. The van der Waals surface area contributed by atoms with Gasteiger partial charge in [-0.2, -0.15) is 0 Å². The molecule has 1 saturated heterocycles. The number of thioether (sulfide) groups is 1. The van der Waals surface area contributed by atoms with Crippen LogP contribution in [0.15, 0.2) is 53.7 Å². The molecular formula is C21H19N5O4S. The molecule has 1 aromatic heterocycles. The second kappa shape index (κ2) is 7.95. The van der Waals surface area contributed by atoms with Gasteiger partial charge in [-0.15, -0.1) is 10.2 Å². The summed E-state index contributed by atoms with van der Waals surface area (Å²) in [4.78, 5) is 25.9. The summed E-state index contributed by atoms with van der Waals surface area (Å²) in [6.07, 6.45) is 0. The summed E-state index contributed by atoms with van der Waals surface area (Å²) in [6, 6.07) is 14.9. The van der Waals surface area contributed by atoms with Gasteiger partial charge in [0.2, 0.25) is 12.7 Å². The van der Waals surface area contributed by atoms with E-state index in [1.165, 1.54) is 16.7 Å². The van der Waals surface area contributed by atoms with E-state index in [-0.39, 0.29) is 18.7 Å². The van der Waals surface area contributed by atoms with Crippen LogP contribution in [-0.4, -0.2) is 56.7 Å². The molecule has 9 nitrogen and oxygen atoms in total. The molecule has 158 valence electrons. The zero-order valence-corrected chi connectivity index (χ0v) is 17.5. The third-order valence-corrected chi connectivity index (χ3v) is 6.06. The van der Waals surface area contributed by atoms with E-state index in [0.29, 0.717) is 35.6 Å². The Bertz CT molecular complexity index is 1150. The van der Waals surface area contributed by atoms with Crippen molar-refractivity contribution in [3.8, 4) is 28.6 Å².